The van der Waals surface area contributed by atoms with E-state index in [4.69, 9.17) is 16.2 Å². The van der Waals surface area contributed by atoms with Crippen LogP contribution in [0.15, 0.2) is 0 Å². The Balaban J connectivity index is 0. The van der Waals surface area contributed by atoms with Crippen LogP contribution in [-0.2, 0) is 10.1 Å². The molecular weight excluding hydrogens is 190 g/mol. The SMILES string of the molecule is CC(Cl)S(=O)(=O)O.CN(C)C. The average molecular weight is 204 g/mol. The Labute approximate surface area is 72.9 Å². The first-order chi connectivity index (χ1) is 4.68. The van der Waals surface area contributed by atoms with Gasteiger partial charge in [0.2, 0.25) is 0 Å². The van der Waals surface area contributed by atoms with E-state index in [9.17, 15) is 8.42 Å². The predicted molar refractivity (Wildman–Crippen MR) is 46.5 cm³/mol. The quantitative estimate of drug-likeness (QED) is 0.502. The highest BCUT2D eigenvalue weighted by Gasteiger charge is 2.11. The van der Waals surface area contributed by atoms with E-state index in [0.717, 1.165) is 0 Å². The van der Waals surface area contributed by atoms with E-state index in [1.165, 1.54) is 6.92 Å². The van der Waals surface area contributed by atoms with Gasteiger partial charge in [-0.1, -0.05) is 0 Å². The summed E-state index contributed by atoms with van der Waals surface area (Å²) in [4.78, 5) is 2.00. The second-order valence-corrected chi connectivity index (χ2v) is 5.05. The molecule has 0 aromatic carbocycles. The van der Waals surface area contributed by atoms with Gasteiger partial charge in [0, 0.05) is 0 Å². The molecule has 0 amide bonds. The Morgan fingerprint density at radius 3 is 1.45 bits per heavy atom. The van der Waals surface area contributed by atoms with Gasteiger partial charge in [0.15, 0.2) is 4.71 Å². The van der Waals surface area contributed by atoms with Crippen molar-refractivity contribution < 1.29 is 13.0 Å². The van der Waals surface area contributed by atoms with Crippen molar-refractivity contribution in [3.63, 3.8) is 0 Å². The molecule has 0 rings (SSSR count). The zero-order valence-electron chi connectivity index (χ0n) is 7.07. The van der Waals surface area contributed by atoms with E-state index in [-0.39, 0.29) is 0 Å². The number of hydrogen-bond acceptors (Lipinski definition) is 3. The molecule has 0 bridgehead atoms. The fourth-order valence-corrected chi connectivity index (χ4v) is 0. The molecule has 1 atom stereocenters. The third-order valence-corrected chi connectivity index (χ3v) is 1.91. The standard InChI is InChI=1S/C3H9N.C2H5ClO3S/c1-4(2)3;1-2(3)7(4,5)6/h1-3H3;2H,1H3,(H,4,5,6). The molecule has 6 heteroatoms. The Morgan fingerprint density at radius 2 is 1.45 bits per heavy atom. The van der Waals surface area contributed by atoms with Gasteiger partial charge >= 0.3 is 0 Å². The van der Waals surface area contributed by atoms with Gasteiger partial charge in [0.25, 0.3) is 10.1 Å². The molecule has 0 heterocycles. The lowest BCUT2D eigenvalue weighted by Gasteiger charge is -1.92. The van der Waals surface area contributed by atoms with E-state index in [2.05, 4.69) is 0 Å². The van der Waals surface area contributed by atoms with Crippen LogP contribution in [0.2, 0.25) is 0 Å². The number of hydrogen-bond donors (Lipinski definition) is 1. The smallest absolute Gasteiger partial charge is 0.281 e. The van der Waals surface area contributed by atoms with Crippen LogP contribution in [0.1, 0.15) is 6.92 Å². The van der Waals surface area contributed by atoms with E-state index in [1.54, 1.807) is 0 Å². The molecule has 4 nitrogen and oxygen atoms in total. The average Bonchev–Trinajstić information content (AvgIpc) is 1.59. The van der Waals surface area contributed by atoms with Crippen molar-refractivity contribution in [2.24, 2.45) is 0 Å². The minimum Gasteiger partial charge on any atom is -0.312 e. The summed E-state index contributed by atoms with van der Waals surface area (Å²) in [5.74, 6) is 0. The number of alkyl halides is 1. The topological polar surface area (TPSA) is 57.6 Å². The number of nitrogens with zero attached hydrogens (tertiary/aromatic N) is 1. The van der Waals surface area contributed by atoms with Gasteiger partial charge in [-0.15, -0.1) is 11.6 Å². The minimum atomic E-state index is -3.98. The fraction of sp³-hybridized carbons (Fsp3) is 1.00. The van der Waals surface area contributed by atoms with E-state index >= 15 is 0 Å². The van der Waals surface area contributed by atoms with Gasteiger partial charge in [-0.2, -0.15) is 8.42 Å². The van der Waals surface area contributed by atoms with Crippen LogP contribution in [0.5, 0.6) is 0 Å². The molecule has 0 saturated carbocycles. The molecule has 0 aromatic heterocycles. The molecule has 0 aliphatic heterocycles. The summed E-state index contributed by atoms with van der Waals surface area (Å²) in [5.41, 5.74) is 0. The van der Waals surface area contributed by atoms with Crippen molar-refractivity contribution in [3.05, 3.63) is 0 Å². The van der Waals surface area contributed by atoms with Gasteiger partial charge in [-0.05, 0) is 28.1 Å². The molecule has 0 spiro atoms. The van der Waals surface area contributed by atoms with Crippen LogP contribution in [0.4, 0.5) is 0 Å². The maximum absolute atomic E-state index is 9.75. The second-order valence-electron chi connectivity index (χ2n) is 2.40. The molecule has 11 heavy (non-hydrogen) atoms. The second kappa shape index (κ2) is 5.77. The van der Waals surface area contributed by atoms with Gasteiger partial charge in [0.05, 0.1) is 0 Å². The van der Waals surface area contributed by atoms with Gasteiger partial charge < -0.3 is 4.90 Å². The minimum absolute atomic E-state index is 1.18. The van der Waals surface area contributed by atoms with Crippen LogP contribution < -0.4 is 0 Å². The molecule has 0 radical (unpaired) electrons. The van der Waals surface area contributed by atoms with E-state index < -0.39 is 14.8 Å². The summed E-state index contributed by atoms with van der Waals surface area (Å²) in [6, 6.07) is 0. The molecule has 0 saturated heterocycles. The Hall–Kier alpha value is 0.160. The molecule has 1 unspecified atom stereocenters. The third kappa shape index (κ3) is 17.8. The summed E-state index contributed by atoms with van der Waals surface area (Å²) in [6.07, 6.45) is 0. The van der Waals surface area contributed by atoms with Crippen LogP contribution in [0.3, 0.4) is 0 Å². The van der Waals surface area contributed by atoms with E-state index in [1.807, 2.05) is 26.0 Å². The monoisotopic (exact) mass is 203 g/mol. The molecule has 1 N–H and O–H groups in total. The fourth-order valence-electron chi connectivity index (χ4n) is 0. The normalized spacial score (nSPS) is 13.7. The number of halogens is 1. The summed E-state index contributed by atoms with van der Waals surface area (Å²) in [7, 11) is 2.02. The molecule has 0 fully saturated rings. The predicted octanol–water partition coefficient (Wildman–Crippen LogP) is 0.637. The maximum atomic E-state index is 9.75. The van der Waals surface area contributed by atoms with E-state index in [0.29, 0.717) is 0 Å². The molecular formula is C5H14ClNO3S. The van der Waals surface area contributed by atoms with Gasteiger partial charge in [-0.3, -0.25) is 4.55 Å². The lowest BCUT2D eigenvalue weighted by atomic mass is 11.0. The van der Waals surface area contributed by atoms with Crippen molar-refractivity contribution in [1.82, 2.24) is 4.90 Å². The highest BCUT2D eigenvalue weighted by atomic mass is 35.5. The zero-order chi connectivity index (χ0) is 9.65. The lowest BCUT2D eigenvalue weighted by molar-refractivity contribution is 0.481. The third-order valence-electron chi connectivity index (χ3n) is 0.410. The highest BCUT2D eigenvalue weighted by molar-refractivity contribution is 7.87. The first-order valence-corrected chi connectivity index (χ1v) is 4.83. The largest absolute Gasteiger partial charge is 0.312 e. The molecule has 0 aromatic rings. The van der Waals surface area contributed by atoms with Crippen molar-refractivity contribution >= 4 is 21.7 Å². The van der Waals surface area contributed by atoms with Crippen LogP contribution in [0, 0.1) is 0 Å². The summed E-state index contributed by atoms with van der Waals surface area (Å²) < 4.78 is 26.2. The van der Waals surface area contributed by atoms with Crippen LogP contribution >= 0.6 is 11.6 Å². The maximum Gasteiger partial charge on any atom is 0.281 e. The molecule has 70 valence electrons. The highest BCUT2D eigenvalue weighted by Crippen LogP contribution is 1.99. The van der Waals surface area contributed by atoms with Crippen LogP contribution in [-0.4, -0.2) is 43.7 Å². The summed E-state index contributed by atoms with van der Waals surface area (Å²) in [6.45, 7) is 1.18. The Kier molecular flexibility index (Phi) is 7.20. The molecule has 0 aliphatic rings. The number of rotatable bonds is 1. The first kappa shape index (κ1) is 13.7. The lowest BCUT2D eigenvalue weighted by Crippen LogP contribution is -2.08. The van der Waals surface area contributed by atoms with Crippen molar-refractivity contribution in [2.45, 2.75) is 11.6 Å². The van der Waals surface area contributed by atoms with Crippen molar-refractivity contribution in [3.8, 4) is 0 Å². The zero-order valence-corrected chi connectivity index (χ0v) is 8.65. The first-order valence-electron chi connectivity index (χ1n) is 2.89. The van der Waals surface area contributed by atoms with Gasteiger partial charge in [0.1, 0.15) is 0 Å². The van der Waals surface area contributed by atoms with Crippen molar-refractivity contribution in [2.75, 3.05) is 21.1 Å². The summed E-state index contributed by atoms with van der Waals surface area (Å²) >= 11 is 4.92. The Morgan fingerprint density at radius 1 is 1.36 bits per heavy atom. The van der Waals surface area contributed by atoms with Crippen LogP contribution in [0.25, 0.3) is 0 Å². The summed E-state index contributed by atoms with van der Waals surface area (Å²) in [5, 5.41) is 0. The van der Waals surface area contributed by atoms with Gasteiger partial charge in [-0.25, -0.2) is 0 Å². The molecule has 0 aliphatic carbocycles. The van der Waals surface area contributed by atoms with Crippen molar-refractivity contribution in [1.29, 1.82) is 0 Å². The Bertz CT molecular complexity index is 173.